The Labute approximate surface area is 126 Å². The van der Waals surface area contributed by atoms with Crippen molar-refractivity contribution in [1.82, 2.24) is 4.90 Å². The summed E-state index contributed by atoms with van der Waals surface area (Å²) in [6.45, 7) is 5.03. The Bertz CT molecular complexity index is 435. The molecular formula is C14H22ClN3S. The predicted molar refractivity (Wildman–Crippen MR) is 88.4 cm³/mol. The Morgan fingerprint density at radius 3 is 2.47 bits per heavy atom. The molecule has 0 heterocycles. The van der Waals surface area contributed by atoms with Crippen molar-refractivity contribution in [1.29, 1.82) is 0 Å². The van der Waals surface area contributed by atoms with Crippen molar-refractivity contribution in [3.8, 4) is 0 Å². The molecule has 106 valence electrons. The van der Waals surface area contributed by atoms with Gasteiger partial charge >= 0.3 is 0 Å². The van der Waals surface area contributed by atoms with Gasteiger partial charge in [-0.2, -0.15) is 0 Å². The molecule has 5 heteroatoms. The van der Waals surface area contributed by atoms with Crippen LogP contribution in [0.4, 0.5) is 5.69 Å². The first kappa shape index (κ1) is 16.2. The Balaban J connectivity index is 3.05. The van der Waals surface area contributed by atoms with Crippen molar-refractivity contribution in [3.05, 3.63) is 28.8 Å². The fraction of sp³-hybridized carbons (Fsp3) is 0.500. The van der Waals surface area contributed by atoms with Crippen LogP contribution >= 0.6 is 23.8 Å². The second-order valence-electron chi connectivity index (χ2n) is 4.82. The quantitative estimate of drug-likeness (QED) is 0.785. The molecule has 0 bridgehead atoms. The van der Waals surface area contributed by atoms with E-state index >= 15 is 0 Å². The molecule has 0 atom stereocenters. The first-order valence-corrected chi connectivity index (χ1v) is 7.23. The van der Waals surface area contributed by atoms with Gasteiger partial charge in [-0.25, -0.2) is 0 Å². The van der Waals surface area contributed by atoms with E-state index < -0.39 is 0 Å². The zero-order valence-corrected chi connectivity index (χ0v) is 13.4. The highest BCUT2D eigenvalue weighted by molar-refractivity contribution is 7.80. The van der Waals surface area contributed by atoms with E-state index in [2.05, 4.69) is 30.8 Å². The average Bonchev–Trinajstić information content (AvgIpc) is 2.33. The van der Waals surface area contributed by atoms with Crippen LogP contribution in [0, 0.1) is 0 Å². The summed E-state index contributed by atoms with van der Waals surface area (Å²) in [5.41, 5.74) is 7.73. The van der Waals surface area contributed by atoms with E-state index in [-0.39, 0.29) is 0 Å². The van der Waals surface area contributed by atoms with Gasteiger partial charge in [0.15, 0.2) is 0 Å². The monoisotopic (exact) mass is 299 g/mol. The predicted octanol–water partition coefficient (Wildman–Crippen LogP) is 2.75. The fourth-order valence-corrected chi connectivity index (χ4v) is 2.26. The van der Waals surface area contributed by atoms with Gasteiger partial charge in [0.1, 0.15) is 4.99 Å². The molecule has 0 aliphatic rings. The number of benzene rings is 1. The minimum Gasteiger partial charge on any atom is -0.389 e. The van der Waals surface area contributed by atoms with Crippen LogP contribution in [-0.2, 0) is 0 Å². The second-order valence-corrected chi connectivity index (χ2v) is 5.69. The van der Waals surface area contributed by atoms with Gasteiger partial charge in [-0.1, -0.05) is 30.7 Å². The third-order valence-electron chi connectivity index (χ3n) is 2.88. The van der Waals surface area contributed by atoms with Crippen LogP contribution in [0.15, 0.2) is 18.2 Å². The molecule has 1 aromatic rings. The van der Waals surface area contributed by atoms with Crippen molar-refractivity contribution in [2.24, 2.45) is 5.73 Å². The first-order valence-electron chi connectivity index (χ1n) is 6.44. The van der Waals surface area contributed by atoms with Gasteiger partial charge < -0.3 is 15.5 Å². The molecular weight excluding hydrogens is 278 g/mol. The summed E-state index contributed by atoms with van der Waals surface area (Å²) in [6, 6.07) is 5.68. The number of nitrogens with zero attached hydrogens (tertiary/aromatic N) is 2. The molecule has 0 unspecified atom stereocenters. The lowest BCUT2D eigenvalue weighted by Crippen LogP contribution is -2.33. The Morgan fingerprint density at radius 1 is 1.26 bits per heavy atom. The topological polar surface area (TPSA) is 32.5 Å². The molecule has 0 amide bonds. The highest BCUT2D eigenvalue weighted by Gasteiger charge is 2.13. The van der Waals surface area contributed by atoms with E-state index in [1.807, 2.05) is 18.2 Å². The van der Waals surface area contributed by atoms with E-state index in [0.717, 1.165) is 37.3 Å². The maximum absolute atomic E-state index is 6.11. The normalized spacial score (nSPS) is 10.8. The van der Waals surface area contributed by atoms with Crippen LogP contribution in [0.25, 0.3) is 0 Å². The maximum Gasteiger partial charge on any atom is 0.106 e. The van der Waals surface area contributed by atoms with Gasteiger partial charge in [0.25, 0.3) is 0 Å². The summed E-state index contributed by atoms with van der Waals surface area (Å²) in [4.78, 5) is 4.87. The Morgan fingerprint density at radius 2 is 1.95 bits per heavy atom. The molecule has 1 rings (SSSR count). The molecule has 0 aromatic heterocycles. The summed E-state index contributed by atoms with van der Waals surface area (Å²) in [5.74, 6) is 0. The van der Waals surface area contributed by atoms with Crippen LogP contribution in [-0.4, -0.2) is 43.6 Å². The molecule has 2 N–H and O–H groups in total. The van der Waals surface area contributed by atoms with Gasteiger partial charge in [-0.3, -0.25) is 0 Å². The lowest BCUT2D eigenvalue weighted by atomic mass is 10.1. The lowest BCUT2D eigenvalue weighted by Gasteiger charge is -2.28. The summed E-state index contributed by atoms with van der Waals surface area (Å²) in [5, 5.41) is 0.709. The zero-order valence-electron chi connectivity index (χ0n) is 11.8. The van der Waals surface area contributed by atoms with E-state index in [1.54, 1.807) is 0 Å². The molecule has 0 aliphatic heterocycles. The number of anilines is 1. The van der Waals surface area contributed by atoms with Crippen molar-refractivity contribution < 1.29 is 0 Å². The van der Waals surface area contributed by atoms with E-state index in [4.69, 9.17) is 29.6 Å². The number of thiocarbonyl (C=S) groups is 1. The number of hydrogen-bond acceptors (Lipinski definition) is 3. The van der Waals surface area contributed by atoms with Gasteiger partial charge in [0, 0.05) is 35.9 Å². The molecule has 19 heavy (non-hydrogen) atoms. The van der Waals surface area contributed by atoms with Crippen LogP contribution in [0.3, 0.4) is 0 Å². The number of likely N-dealkylation sites (N-methyl/N-ethyl adjacent to an activating group) is 1. The SMILES string of the molecule is CCCN(CCN(C)C)c1cc(Cl)ccc1C(N)=S. The number of rotatable bonds is 7. The minimum atomic E-state index is 0.414. The van der Waals surface area contributed by atoms with E-state index in [0.29, 0.717) is 10.0 Å². The minimum absolute atomic E-state index is 0.414. The standard InChI is InChI=1S/C14H22ClN3S/c1-4-7-18(9-8-17(2)3)13-10-11(15)5-6-12(13)14(16)19/h5-6,10H,4,7-9H2,1-3H3,(H2,16,19). The van der Waals surface area contributed by atoms with Crippen molar-refractivity contribution in [2.75, 3.05) is 38.6 Å². The molecule has 0 aliphatic carbocycles. The van der Waals surface area contributed by atoms with Crippen molar-refractivity contribution in [3.63, 3.8) is 0 Å². The number of halogens is 1. The summed E-state index contributed by atoms with van der Waals surface area (Å²) in [7, 11) is 4.13. The van der Waals surface area contributed by atoms with Crippen LogP contribution in [0.2, 0.25) is 5.02 Å². The molecule has 0 spiro atoms. The van der Waals surface area contributed by atoms with Crippen LogP contribution in [0.5, 0.6) is 0 Å². The Kier molecular flexibility index (Phi) is 6.55. The van der Waals surface area contributed by atoms with Crippen molar-refractivity contribution >= 4 is 34.5 Å². The molecule has 0 saturated heterocycles. The highest BCUT2D eigenvalue weighted by Crippen LogP contribution is 2.25. The van der Waals surface area contributed by atoms with E-state index in [9.17, 15) is 0 Å². The van der Waals surface area contributed by atoms with Gasteiger partial charge in [-0.15, -0.1) is 0 Å². The van der Waals surface area contributed by atoms with E-state index in [1.165, 1.54) is 0 Å². The van der Waals surface area contributed by atoms with Crippen LogP contribution in [0.1, 0.15) is 18.9 Å². The number of nitrogens with two attached hydrogens (primary N) is 1. The second kappa shape index (κ2) is 7.68. The molecule has 0 fully saturated rings. The largest absolute Gasteiger partial charge is 0.389 e. The maximum atomic E-state index is 6.11. The van der Waals surface area contributed by atoms with Gasteiger partial charge in [0.05, 0.1) is 0 Å². The fourth-order valence-electron chi connectivity index (χ4n) is 1.92. The Hall–Kier alpha value is -0.840. The van der Waals surface area contributed by atoms with Gasteiger partial charge in [0.2, 0.25) is 0 Å². The highest BCUT2D eigenvalue weighted by atomic mass is 35.5. The smallest absolute Gasteiger partial charge is 0.106 e. The van der Waals surface area contributed by atoms with Crippen LogP contribution < -0.4 is 10.6 Å². The molecule has 3 nitrogen and oxygen atoms in total. The first-order chi connectivity index (χ1) is 8.95. The third kappa shape index (κ3) is 4.97. The van der Waals surface area contributed by atoms with Gasteiger partial charge in [-0.05, 0) is 38.7 Å². The number of hydrogen-bond donors (Lipinski definition) is 1. The molecule has 0 saturated carbocycles. The summed E-state index contributed by atoms with van der Waals surface area (Å²) >= 11 is 11.2. The zero-order chi connectivity index (χ0) is 14.4. The lowest BCUT2D eigenvalue weighted by molar-refractivity contribution is 0.413. The summed E-state index contributed by atoms with van der Waals surface area (Å²) in [6.07, 6.45) is 1.07. The molecule has 1 aromatic carbocycles. The average molecular weight is 300 g/mol. The molecule has 0 radical (unpaired) electrons. The van der Waals surface area contributed by atoms with Crippen molar-refractivity contribution in [2.45, 2.75) is 13.3 Å². The third-order valence-corrected chi connectivity index (χ3v) is 3.33. The summed E-state index contributed by atoms with van der Waals surface area (Å²) < 4.78 is 0.